The van der Waals surface area contributed by atoms with Crippen LogP contribution in [0.1, 0.15) is 43.5 Å². The van der Waals surface area contributed by atoms with Crippen molar-refractivity contribution in [3.8, 4) is 0 Å². The number of carbonyl (C=O) groups excluding carboxylic acids is 1. The second-order valence-corrected chi connectivity index (χ2v) is 6.66. The summed E-state index contributed by atoms with van der Waals surface area (Å²) in [5, 5.41) is 3.49. The van der Waals surface area contributed by atoms with E-state index in [1.54, 1.807) is 0 Å². The van der Waals surface area contributed by atoms with E-state index in [9.17, 15) is 4.79 Å². The molecule has 1 aliphatic rings. The summed E-state index contributed by atoms with van der Waals surface area (Å²) in [6, 6.07) is 8.47. The fourth-order valence-corrected chi connectivity index (χ4v) is 3.26. The molecule has 2 atom stereocenters. The standard InChI is InChI=1S/C17H26N2OS/c1-4-15-17(20)19(11-5-6-12-21-3)16(18-15)14-9-7-13(2)8-10-14/h7-10,15-16,18H,4-6,11-12H2,1-3H3. The Kier molecular flexibility index (Phi) is 6.12. The van der Waals surface area contributed by atoms with E-state index in [4.69, 9.17) is 0 Å². The molecule has 1 aromatic rings. The van der Waals surface area contributed by atoms with Gasteiger partial charge in [-0.3, -0.25) is 10.1 Å². The molecule has 1 heterocycles. The predicted octanol–water partition coefficient (Wildman–Crippen LogP) is 3.35. The van der Waals surface area contributed by atoms with Crippen molar-refractivity contribution >= 4 is 17.7 Å². The van der Waals surface area contributed by atoms with Crippen molar-refractivity contribution in [3.05, 3.63) is 35.4 Å². The van der Waals surface area contributed by atoms with Crippen LogP contribution in [0, 0.1) is 6.92 Å². The average molecular weight is 306 g/mol. The van der Waals surface area contributed by atoms with Gasteiger partial charge in [-0.05, 0) is 43.8 Å². The Morgan fingerprint density at radius 1 is 1.24 bits per heavy atom. The first-order chi connectivity index (χ1) is 10.2. The average Bonchev–Trinajstić information content (AvgIpc) is 2.81. The van der Waals surface area contributed by atoms with Crippen molar-refractivity contribution in [1.29, 1.82) is 0 Å². The van der Waals surface area contributed by atoms with E-state index < -0.39 is 0 Å². The molecule has 21 heavy (non-hydrogen) atoms. The van der Waals surface area contributed by atoms with Crippen LogP contribution in [0.5, 0.6) is 0 Å². The van der Waals surface area contributed by atoms with E-state index in [-0.39, 0.29) is 18.1 Å². The molecule has 0 aromatic heterocycles. The molecule has 1 aliphatic heterocycles. The highest BCUT2D eigenvalue weighted by Gasteiger charge is 2.37. The molecule has 0 spiro atoms. The van der Waals surface area contributed by atoms with Crippen molar-refractivity contribution < 1.29 is 4.79 Å². The molecule has 1 saturated heterocycles. The molecule has 0 saturated carbocycles. The number of benzene rings is 1. The molecule has 0 radical (unpaired) electrons. The van der Waals surface area contributed by atoms with E-state index >= 15 is 0 Å². The van der Waals surface area contributed by atoms with Crippen LogP contribution in [0.3, 0.4) is 0 Å². The van der Waals surface area contributed by atoms with Gasteiger partial charge in [-0.15, -0.1) is 0 Å². The van der Waals surface area contributed by atoms with Crippen molar-refractivity contribution in [2.75, 3.05) is 18.6 Å². The first-order valence-corrected chi connectivity index (χ1v) is 9.18. The second kappa shape index (κ2) is 7.85. The predicted molar refractivity (Wildman–Crippen MR) is 90.5 cm³/mol. The molecule has 0 bridgehead atoms. The summed E-state index contributed by atoms with van der Waals surface area (Å²) in [5.74, 6) is 1.43. The molecular weight excluding hydrogens is 280 g/mol. The molecular formula is C17H26N2OS. The minimum atomic E-state index is -0.0307. The zero-order valence-electron chi connectivity index (χ0n) is 13.3. The number of unbranched alkanes of at least 4 members (excludes halogenated alkanes) is 1. The van der Waals surface area contributed by atoms with Crippen molar-refractivity contribution in [3.63, 3.8) is 0 Å². The van der Waals surface area contributed by atoms with Gasteiger partial charge in [-0.25, -0.2) is 0 Å². The van der Waals surface area contributed by atoms with Crippen LogP contribution in [0.15, 0.2) is 24.3 Å². The lowest BCUT2D eigenvalue weighted by Gasteiger charge is -2.24. The molecule has 1 amide bonds. The summed E-state index contributed by atoms with van der Waals surface area (Å²) in [4.78, 5) is 14.5. The maximum Gasteiger partial charge on any atom is 0.241 e. The third kappa shape index (κ3) is 4.01. The quantitative estimate of drug-likeness (QED) is 0.784. The van der Waals surface area contributed by atoms with Gasteiger partial charge in [0, 0.05) is 6.54 Å². The molecule has 2 rings (SSSR count). The second-order valence-electron chi connectivity index (χ2n) is 5.67. The zero-order chi connectivity index (χ0) is 15.2. The molecule has 2 unspecified atom stereocenters. The van der Waals surface area contributed by atoms with E-state index in [1.807, 2.05) is 16.7 Å². The fourth-order valence-electron chi connectivity index (χ4n) is 2.76. The lowest BCUT2D eigenvalue weighted by atomic mass is 10.1. The summed E-state index contributed by atoms with van der Waals surface area (Å²) < 4.78 is 0. The van der Waals surface area contributed by atoms with Crippen LogP contribution < -0.4 is 5.32 Å². The third-order valence-corrected chi connectivity index (χ3v) is 4.75. The van der Waals surface area contributed by atoms with Gasteiger partial charge >= 0.3 is 0 Å². The van der Waals surface area contributed by atoms with Crippen LogP contribution in [0.4, 0.5) is 0 Å². The topological polar surface area (TPSA) is 32.3 Å². The number of nitrogens with one attached hydrogen (secondary N) is 1. The highest BCUT2D eigenvalue weighted by molar-refractivity contribution is 7.98. The molecule has 1 aromatic carbocycles. The smallest absolute Gasteiger partial charge is 0.241 e. The van der Waals surface area contributed by atoms with Gasteiger partial charge in [0.2, 0.25) is 5.91 Å². The van der Waals surface area contributed by atoms with Crippen LogP contribution in [0.2, 0.25) is 0 Å². The first-order valence-electron chi connectivity index (χ1n) is 7.79. The zero-order valence-corrected chi connectivity index (χ0v) is 14.1. The number of hydrogen-bond acceptors (Lipinski definition) is 3. The van der Waals surface area contributed by atoms with Gasteiger partial charge in [0.1, 0.15) is 6.17 Å². The summed E-state index contributed by atoms with van der Waals surface area (Å²) in [5.41, 5.74) is 2.44. The normalized spacial score (nSPS) is 22.0. The van der Waals surface area contributed by atoms with Crippen molar-refractivity contribution in [1.82, 2.24) is 10.2 Å². The number of nitrogens with zero attached hydrogens (tertiary/aromatic N) is 1. The number of hydrogen-bond donors (Lipinski definition) is 1. The number of thioether (sulfide) groups is 1. The summed E-state index contributed by atoms with van der Waals surface area (Å²) >= 11 is 1.87. The summed E-state index contributed by atoms with van der Waals surface area (Å²) in [7, 11) is 0. The summed E-state index contributed by atoms with van der Waals surface area (Å²) in [6.07, 6.45) is 5.26. The first kappa shape index (κ1) is 16.4. The molecule has 1 fully saturated rings. The minimum absolute atomic E-state index is 0.0307. The number of rotatable bonds is 7. The highest BCUT2D eigenvalue weighted by atomic mass is 32.2. The van der Waals surface area contributed by atoms with Crippen LogP contribution in [-0.2, 0) is 4.79 Å². The van der Waals surface area contributed by atoms with E-state index in [2.05, 4.69) is 49.7 Å². The van der Waals surface area contributed by atoms with E-state index in [1.165, 1.54) is 23.3 Å². The third-order valence-electron chi connectivity index (χ3n) is 4.05. The Morgan fingerprint density at radius 2 is 1.95 bits per heavy atom. The molecule has 0 aliphatic carbocycles. The summed E-state index contributed by atoms with van der Waals surface area (Å²) in [6.45, 7) is 5.01. The Labute approximate surface area is 132 Å². The molecule has 1 N–H and O–H groups in total. The Bertz CT molecular complexity index is 460. The Balaban J connectivity index is 2.08. The van der Waals surface area contributed by atoms with E-state index in [0.29, 0.717) is 0 Å². The maximum absolute atomic E-state index is 12.5. The SMILES string of the molecule is CCC1NC(c2ccc(C)cc2)N(CCCCSC)C1=O. The van der Waals surface area contributed by atoms with Gasteiger partial charge in [0.05, 0.1) is 6.04 Å². The Hall–Kier alpha value is -1.00. The van der Waals surface area contributed by atoms with Gasteiger partial charge in [-0.2, -0.15) is 11.8 Å². The number of carbonyl (C=O) groups is 1. The molecule has 3 nitrogen and oxygen atoms in total. The van der Waals surface area contributed by atoms with Crippen molar-refractivity contribution in [2.24, 2.45) is 0 Å². The largest absolute Gasteiger partial charge is 0.322 e. The van der Waals surface area contributed by atoms with Gasteiger partial charge in [0.15, 0.2) is 0 Å². The van der Waals surface area contributed by atoms with Gasteiger partial charge in [0.25, 0.3) is 0 Å². The Morgan fingerprint density at radius 3 is 2.57 bits per heavy atom. The lowest BCUT2D eigenvalue weighted by molar-refractivity contribution is -0.130. The lowest BCUT2D eigenvalue weighted by Crippen LogP contribution is -2.32. The fraction of sp³-hybridized carbons (Fsp3) is 0.588. The van der Waals surface area contributed by atoms with Gasteiger partial charge < -0.3 is 4.90 Å². The molecule has 116 valence electrons. The number of amides is 1. The van der Waals surface area contributed by atoms with Crippen molar-refractivity contribution in [2.45, 2.75) is 45.3 Å². The molecule has 4 heteroatoms. The minimum Gasteiger partial charge on any atom is -0.322 e. The van der Waals surface area contributed by atoms with Crippen LogP contribution >= 0.6 is 11.8 Å². The maximum atomic E-state index is 12.5. The van der Waals surface area contributed by atoms with Gasteiger partial charge in [-0.1, -0.05) is 36.8 Å². The van der Waals surface area contributed by atoms with E-state index in [0.717, 1.165) is 19.4 Å². The monoisotopic (exact) mass is 306 g/mol. The van der Waals surface area contributed by atoms with Crippen LogP contribution in [-0.4, -0.2) is 35.4 Å². The van der Waals surface area contributed by atoms with Crippen LogP contribution in [0.25, 0.3) is 0 Å². The number of aryl methyl sites for hydroxylation is 1. The highest BCUT2D eigenvalue weighted by Crippen LogP contribution is 2.27.